The molecule has 0 radical (unpaired) electrons. The highest BCUT2D eigenvalue weighted by Crippen LogP contribution is 2.26. The number of hydrogen-bond donors (Lipinski definition) is 1. The van der Waals surface area contributed by atoms with E-state index < -0.39 is 30.1 Å². The number of esters is 1. The van der Waals surface area contributed by atoms with Crippen molar-refractivity contribution in [2.24, 2.45) is 0 Å². The molecule has 144 valence electrons. The Balaban J connectivity index is 1.97. The molecule has 1 amide bonds. The zero-order valence-electron chi connectivity index (χ0n) is 13.6. The smallest absolute Gasteiger partial charge is 0.449 e. The highest BCUT2D eigenvalue weighted by molar-refractivity contribution is 6.36. The van der Waals surface area contributed by atoms with Crippen molar-refractivity contribution in [3.05, 3.63) is 58.1 Å². The number of halogens is 5. The quantitative estimate of drug-likeness (QED) is 0.683. The molecule has 0 saturated heterocycles. The minimum absolute atomic E-state index is 0.0475. The topological polar surface area (TPSA) is 64.6 Å². The lowest BCUT2D eigenvalue weighted by Crippen LogP contribution is -2.30. The Morgan fingerprint density at radius 2 is 1.70 bits per heavy atom. The van der Waals surface area contributed by atoms with Gasteiger partial charge in [-0.25, -0.2) is 4.79 Å². The molecule has 1 atom stereocenters. The molecule has 2 rings (SSSR count). The first-order chi connectivity index (χ1) is 12.5. The number of alkyl halides is 3. The molecule has 0 fully saturated rings. The van der Waals surface area contributed by atoms with Gasteiger partial charge in [-0.15, -0.1) is 13.2 Å². The summed E-state index contributed by atoms with van der Waals surface area (Å²) < 4.78 is 45.0. The fourth-order valence-electron chi connectivity index (χ4n) is 1.90. The van der Waals surface area contributed by atoms with Crippen LogP contribution in [0.3, 0.4) is 0 Å². The van der Waals surface area contributed by atoms with E-state index in [2.05, 4.69) is 10.1 Å². The van der Waals surface area contributed by atoms with Crippen molar-refractivity contribution in [1.82, 2.24) is 0 Å². The van der Waals surface area contributed by atoms with Crippen molar-refractivity contribution in [2.75, 3.05) is 5.32 Å². The van der Waals surface area contributed by atoms with E-state index in [1.807, 2.05) is 0 Å². The molecule has 0 aromatic heterocycles. The number of hydrogen-bond acceptors (Lipinski definition) is 4. The molecule has 10 heteroatoms. The molecular weight excluding hydrogens is 410 g/mol. The number of nitrogens with one attached hydrogen (secondary N) is 1. The summed E-state index contributed by atoms with van der Waals surface area (Å²) in [6.07, 6.45) is -6.02. The van der Waals surface area contributed by atoms with Gasteiger partial charge in [-0.05, 0) is 49.4 Å². The van der Waals surface area contributed by atoms with E-state index in [4.69, 9.17) is 27.9 Å². The molecular formula is C17H12Cl2F3NO4. The summed E-state index contributed by atoms with van der Waals surface area (Å²) in [5, 5.41) is 3.07. The lowest BCUT2D eigenvalue weighted by molar-refractivity contribution is -0.274. The molecule has 0 aliphatic rings. The molecule has 0 aliphatic heterocycles. The third-order valence-electron chi connectivity index (χ3n) is 3.17. The third-order valence-corrected chi connectivity index (χ3v) is 3.71. The Hall–Kier alpha value is -2.45. The van der Waals surface area contributed by atoms with Crippen LogP contribution in [0.4, 0.5) is 18.9 Å². The van der Waals surface area contributed by atoms with Gasteiger partial charge >= 0.3 is 12.3 Å². The van der Waals surface area contributed by atoms with Crippen LogP contribution >= 0.6 is 23.2 Å². The fourth-order valence-corrected chi connectivity index (χ4v) is 2.36. The van der Waals surface area contributed by atoms with Crippen LogP contribution in [0.25, 0.3) is 0 Å². The Morgan fingerprint density at radius 3 is 2.26 bits per heavy atom. The average molecular weight is 422 g/mol. The van der Waals surface area contributed by atoms with Crippen LogP contribution in [-0.4, -0.2) is 24.3 Å². The fraction of sp³-hybridized carbons (Fsp3) is 0.176. The van der Waals surface area contributed by atoms with Gasteiger partial charge in [0.05, 0.1) is 16.3 Å². The van der Waals surface area contributed by atoms with Crippen molar-refractivity contribution in [2.45, 2.75) is 19.4 Å². The lowest BCUT2D eigenvalue weighted by Gasteiger charge is -2.14. The third kappa shape index (κ3) is 6.33. The lowest BCUT2D eigenvalue weighted by atomic mass is 10.2. The molecule has 2 aromatic rings. The van der Waals surface area contributed by atoms with Crippen molar-refractivity contribution in [3.8, 4) is 5.75 Å². The van der Waals surface area contributed by atoms with Crippen LogP contribution in [0.2, 0.25) is 10.0 Å². The molecule has 1 unspecified atom stereocenters. The van der Waals surface area contributed by atoms with Crippen molar-refractivity contribution < 1.29 is 32.2 Å². The Labute approximate surface area is 162 Å². The molecule has 0 bridgehead atoms. The summed E-state index contributed by atoms with van der Waals surface area (Å²) in [7, 11) is 0. The normalized spacial score (nSPS) is 12.2. The van der Waals surface area contributed by atoms with Crippen LogP contribution in [0.15, 0.2) is 42.5 Å². The van der Waals surface area contributed by atoms with Gasteiger partial charge in [0.25, 0.3) is 5.91 Å². The van der Waals surface area contributed by atoms with Gasteiger partial charge in [0.2, 0.25) is 0 Å². The second-order valence-corrected chi connectivity index (χ2v) is 6.08. The van der Waals surface area contributed by atoms with Gasteiger partial charge in [-0.1, -0.05) is 23.2 Å². The van der Waals surface area contributed by atoms with Gasteiger partial charge in [-0.3, -0.25) is 4.79 Å². The standard InChI is InChI=1S/C17H12Cl2F3NO4/c1-9(15(24)23-14-7-4-11(18)8-13(14)19)26-16(25)10-2-5-12(6-3-10)27-17(20,21)22/h2-9H,1H3,(H,23,24). The van der Waals surface area contributed by atoms with Gasteiger partial charge in [-0.2, -0.15) is 0 Å². The van der Waals surface area contributed by atoms with Crippen LogP contribution in [0.5, 0.6) is 5.75 Å². The van der Waals surface area contributed by atoms with Crippen molar-refractivity contribution in [1.29, 1.82) is 0 Å². The van der Waals surface area contributed by atoms with Crippen LogP contribution in [0, 0.1) is 0 Å². The zero-order valence-corrected chi connectivity index (χ0v) is 15.2. The second-order valence-electron chi connectivity index (χ2n) is 5.23. The molecule has 1 N–H and O–H groups in total. The predicted molar refractivity (Wildman–Crippen MR) is 93.1 cm³/mol. The number of carbonyl (C=O) groups is 2. The molecule has 5 nitrogen and oxygen atoms in total. The molecule has 0 heterocycles. The van der Waals surface area contributed by atoms with E-state index in [0.29, 0.717) is 5.02 Å². The number of rotatable bonds is 5. The second kappa shape index (κ2) is 8.49. The average Bonchev–Trinajstić information content (AvgIpc) is 2.56. The first-order valence-electron chi connectivity index (χ1n) is 7.38. The summed E-state index contributed by atoms with van der Waals surface area (Å²) in [5.74, 6) is -2.02. The number of carbonyl (C=O) groups excluding carboxylic acids is 2. The molecule has 0 saturated carbocycles. The van der Waals surface area contributed by atoms with E-state index in [9.17, 15) is 22.8 Å². The zero-order chi connectivity index (χ0) is 20.2. The Morgan fingerprint density at radius 1 is 1.07 bits per heavy atom. The highest BCUT2D eigenvalue weighted by atomic mass is 35.5. The highest BCUT2D eigenvalue weighted by Gasteiger charge is 2.31. The summed E-state index contributed by atoms with van der Waals surface area (Å²) in [6, 6.07) is 8.53. The summed E-state index contributed by atoms with van der Waals surface area (Å²) >= 11 is 11.7. The predicted octanol–water partition coefficient (Wildman–Crippen LogP) is 5.08. The maximum absolute atomic E-state index is 12.1. The van der Waals surface area contributed by atoms with Crippen molar-refractivity contribution in [3.63, 3.8) is 0 Å². The van der Waals surface area contributed by atoms with Gasteiger partial charge < -0.3 is 14.8 Å². The minimum atomic E-state index is -4.84. The monoisotopic (exact) mass is 421 g/mol. The number of anilines is 1. The summed E-state index contributed by atoms with van der Waals surface area (Å²) in [5.41, 5.74) is 0.233. The van der Waals surface area contributed by atoms with E-state index in [1.165, 1.54) is 25.1 Å². The largest absolute Gasteiger partial charge is 0.573 e. The van der Waals surface area contributed by atoms with Crippen LogP contribution in [-0.2, 0) is 9.53 Å². The van der Waals surface area contributed by atoms with E-state index in [1.54, 1.807) is 0 Å². The van der Waals surface area contributed by atoms with Gasteiger partial charge in [0.1, 0.15) is 5.75 Å². The Kier molecular flexibility index (Phi) is 6.56. The summed E-state index contributed by atoms with van der Waals surface area (Å²) in [6.45, 7) is 1.33. The van der Waals surface area contributed by atoms with Crippen molar-refractivity contribution >= 4 is 40.8 Å². The number of amides is 1. The summed E-state index contributed by atoms with van der Waals surface area (Å²) in [4.78, 5) is 24.1. The first kappa shape index (κ1) is 20.9. The SMILES string of the molecule is CC(OC(=O)c1ccc(OC(F)(F)F)cc1)C(=O)Nc1ccc(Cl)cc1Cl. The Bertz CT molecular complexity index is 841. The van der Waals surface area contributed by atoms with Gasteiger partial charge in [0, 0.05) is 5.02 Å². The van der Waals surface area contributed by atoms with E-state index >= 15 is 0 Å². The minimum Gasteiger partial charge on any atom is -0.449 e. The van der Waals surface area contributed by atoms with E-state index in [-0.39, 0.29) is 16.3 Å². The number of ether oxygens (including phenoxy) is 2. The van der Waals surface area contributed by atoms with Crippen LogP contribution in [0.1, 0.15) is 17.3 Å². The number of benzene rings is 2. The first-order valence-corrected chi connectivity index (χ1v) is 8.13. The van der Waals surface area contributed by atoms with E-state index in [0.717, 1.165) is 24.3 Å². The molecule has 27 heavy (non-hydrogen) atoms. The van der Waals surface area contributed by atoms with Crippen LogP contribution < -0.4 is 10.1 Å². The maximum atomic E-state index is 12.1. The molecule has 2 aromatic carbocycles. The molecule has 0 spiro atoms. The maximum Gasteiger partial charge on any atom is 0.573 e. The van der Waals surface area contributed by atoms with Gasteiger partial charge in [0.15, 0.2) is 6.10 Å². The molecule has 0 aliphatic carbocycles.